The van der Waals surface area contributed by atoms with Crippen molar-refractivity contribution < 1.29 is 27.1 Å². The molecule has 0 aliphatic carbocycles. The zero-order valence-electron chi connectivity index (χ0n) is 18.0. The van der Waals surface area contributed by atoms with Crippen molar-refractivity contribution in [3.8, 4) is 17.2 Å². The minimum Gasteiger partial charge on any atom is -0.495 e. The van der Waals surface area contributed by atoms with Crippen LogP contribution in [0, 0.1) is 0 Å². The third-order valence-electron chi connectivity index (χ3n) is 5.44. The van der Waals surface area contributed by atoms with Gasteiger partial charge < -0.3 is 14.1 Å². The Balaban J connectivity index is 1.59. The fourth-order valence-electron chi connectivity index (χ4n) is 3.75. The van der Waals surface area contributed by atoms with Crippen molar-refractivity contribution in [2.24, 2.45) is 0 Å². The third kappa shape index (κ3) is 5.10. The molecule has 174 valence electrons. The van der Waals surface area contributed by atoms with Crippen LogP contribution in [-0.2, 0) is 12.7 Å². The number of piperidine rings is 1. The number of rotatable bonds is 5. The second kappa shape index (κ2) is 9.51. The number of anilines is 1. The van der Waals surface area contributed by atoms with E-state index in [2.05, 4.69) is 10.2 Å². The number of halogens is 3. The highest BCUT2D eigenvalue weighted by atomic mass is 19.4. The molecule has 2 heterocycles. The molecule has 0 atom stereocenters. The molecule has 4 rings (SSSR count). The van der Waals surface area contributed by atoms with E-state index in [0.29, 0.717) is 30.1 Å². The van der Waals surface area contributed by atoms with E-state index in [4.69, 9.17) is 9.15 Å². The molecule has 2 amide bonds. The van der Waals surface area contributed by atoms with Gasteiger partial charge in [0.15, 0.2) is 0 Å². The first-order valence-electron chi connectivity index (χ1n) is 10.6. The molecule has 1 aromatic heterocycles. The molecule has 2 aromatic carbocycles. The second-order valence-electron chi connectivity index (χ2n) is 7.70. The van der Waals surface area contributed by atoms with Crippen molar-refractivity contribution in [3.05, 3.63) is 60.0 Å². The number of benzene rings is 2. The number of para-hydroxylation sites is 2. The van der Waals surface area contributed by atoms with E-state index < -0.39 is 12.1 Å². The zero-order chi connectivity index (χ0) is 23.4. The number of carbonyl (C=O) groups is 1. The molecule has 0 unspecified atom stereocenters. The van der Waals surface area contributed by atoms with Crippen molar-refractivity contribution in [1.82, 2.24) is 15.1 Å². The molecule has 0 N–H and O–H groups in total. The number of nitrogens with zero attached hydrogens (tertiary/aromatic N) is 4. The zero-order valence-corrected chi connectivity index (χ0v) is 18.0. The standard InChI is InChI=1S/C23H23F3N4O3/c1-32-19-8-4-3-7-18(19)30(22(31)29-13-5-2-6-14-29)15-16-9-11-17(12-10-16)20-27-28-21(33-20)23(24,25)26/h3-4,7-12H,2,5-6,13-15H2,1H3. The predicted octanol–water partition coefficient (Wildman–Crippen LogP) is 5.38. The second-order valence-corrected chi connectivity index (χ2v) is 7.70. The van der Waals surface area contributed by atoms with Crippen LogP contribution in [0.4, 0.5) is 23.7 Å². The van der Waals surface area contributed by atoms with Crippen LogP contribution in [0.15, 0.2) is 52.9 Å². The molecule has 1 aliphatic heterocycles. The van der Waals surface area contributed by atoms with Crippen molar-refractivity contribution in [2.75, 3.05) is 25.1 Å². The van der Waals surface area contributed by atoms with Gasteiger partial charge in [-0.1, -0.05) is 24.3 Å². The lowest BCUT2D eigenvalue weighted by molar-refractivity contribution is -0.156. The quantitative estimate of drug-likeness (QED) is 0.512. The molecular formula is C23H23F3N4O3. The van der Waals surface area contributed by atoms with Crippen LogP contribution in [-0.4, -0.2) is 41.3 Å². The summed E-state index contributed by atoms with van der Waals surface area (Å²) in [5, 5.41) is 6.53. The average molecular weight is 460 g/mol. The number of likely N-dealkylation sites (tertiary alicyclic amines) is 1. The molecule has 0 bridgehead atoms. The Bertz CT molecular complexity index is 1090. The van der Waals surface area contributed by atoms with Gasteiger partial charge in [-0.25, -0.2) is 4.79 Å². The predicted molar refractivity (Wildman–Crippen MR) is 115 cm³/mol. The summed E-state index contributed by atoms with van der Waals surface area (Å²) >= 11 is 0. The highest BCUT2D eigenvalue weighted by Gasteiger charge is 2.38. The van der Waals surface area contributed by atoms with Gasteiger partial charge in [0.1, 0.15) is 5.75 Å². The minimum atomic E-state index is -4.70. The van der Waals surface area contributed by atoms with Gasteiger partial charge in [-0.05, 0) is 49.1 Å². The Kier molecular flexibility index (Phi) is 6.52. The Labute approximate surface area is 188 Å². The van der Waals surface area contributed by atoms with Crippen molar-refractivity contribution in [1.29, 1.82) is 0 Å². The third-order valence-corrected chi connectivity index (χ3v) is 5.44. The average Bonchev–Trinajstić information content (AvgIpc) is 3.34. The van der Waals surface area contributed by atoms with E-state index in [-0.39, 0.29) is 18.5 Å². The van der Waals surface area contributed by atoms with E-state index in [1.165, 1.54) is 0 Å². The molecular weight excluding hydrogens is 437 g/mol. The largest absolute Gasteiger partial charge is 0.495 e. The maximum atomic E-state index is 13.4. The van der Waals surface area contributed by atoms with E-state index in [1.807, 2.05) is 23.1 Å². The number of aromatic nitrogens is 2. The van der Waals surface area contributed by atoms with Crippen LogP contribution in [0.5, 0.6) is 5.75 Å². The summed E-state index contributed by atoms with van der Waals surface area (Å²) < 4.78 is 48.4. The lowest BCUT2D eigenvalue weighted by atomic mass is 10.1. The molecule has 3 aromatic rings. The lowest BCUT2D eigenvalue weighted by Crippen LogP contribution is -2.45. The number of urea groups is 1. The first-order chi connectivity index (χ1) is 15.9. The maximum absolute atomic E-state index is 13.4. The van der Waals surface area contributed by atoms with Gasteiger partial charge >= 0.3 is 18.1 Å². The normalized spacial score (nSPS) is 14.2. The first-order valence-corrected chi connectivity index (χ1v) is 10.6. The van der Waals surface area contributed by atoms with Gasteiger partial charge in [0, 0.05) is 18.7 Å². The summed E-state index contributed by atoms with van der Waals surface area (Å²) in [6, 6.07) is 13.8. The monoisotopic (exact) mass is 460 g/mol. The Hall–Kier alpha value is -3.56. The Morgan fingerprint density at radius 3 is 2.39 bits per heavy atom. The molecule has 1 fully saturated rings. The van der Waals surface area contributed by atoms with Gasteiger partial charge in [0.2, 0.25) is 5.89 Å². The molecule has 1 saturated heterocycles. The summed E-state index contributed by atoms with van der Waals surface area (Å²) in [5.41, 5.74) is 1.78. The number of amides is 2. The highest BCUT2D eigenvalue weighted by Crippen LogP contribution is 2.32. The summed E-state index contributed by atoms with van der Waals surface area (Å²) in [7, 11) is 1.55. The van der Waals surface area contributed by atoms with Gasteiger partial charge in [0.05, 0.1) is 19.3 Å². The highest BCUT2D eigenvalue weighted by molar-refractivity contribution is 5.93. The molecule has 10 heteroatoms. The van der Waals surface area contributed by atoms with E-state index in [1.54, 1.807) is 42.3 Å². The van der Waals surface area contributed by atoms with E-state index in [0.717, 1.165) is 24.8 Å². The van der Waals surface area contributed by atoms with Crippen LogP contribution in [0.1, 0.15) is 30.7 Å². The number of methoxy groups -OCH3 is 1. The number of hydrogen-bond acceptors (Lipinski definition) is 5. The van der Waals surface area contributed by atoms with Gasteiger partial charge in [-0.3, -0.25) is 4.90 Å². The number of carbonyl (C=O) groups excluding carboxylic acids is 1. The SMILES string of the molecule is COc1ccccc1N(Cc1ccc(-c2nnc(C(F)(F)F)o2)cc1)C(=O)N1CCCCC1. The topological polar surface area (TPSA) is 71.7 Å². The fourth-order valence-corrected chi connectivity index (χ4v) is 3.75. The van der Waals surface area contributed by atoms with Crippen LogP contribution in [0.2, 0.25) is 0 Å². The van der Waals surface area contributed by atoms with Crippen molar-refractivity contribution in [2.45, 2.75) is 32.0 Å². The van der Waals surface area contributed by atoms with Gasteiger partial charge in [-0.2, -0.15) is 13.2 Å². The molecule has 7 nitrogen and oxygen atoms in total. The van der Waals surface area contributed by atoms with E-state index in [9.17, 15) is 18.0 Å². The smallest absolute Gasteiger partial charge is 0.470 e. The first kappa shape index (κ1) is 22.6. The number of hydrogen-bond donors (Lipinski definition) is 0. The number of ether oxygens (including phenoxy) is 1. The summed E-state index contributed by atoms with van der Waals surface area (Å²) in [5.74, 6) is -1.04. The molecule has 0 spiro atoms. The number of alkyl halides is 3. The minimum absolute atomic E-state index is 0.116. The van der Waals surface area contributed by atoms with Crippen LogP contribution in [0.25, 0.3) is 11.5 Å². The summed E-state index contributed by atoms with van der Waals surface area (Å²) in [6.45, 7) is 1.65. The Morgan fingerprint density at radius 2 is 1.76 bits per heavy atom. The van der Waals surface area contributed by atoms with E-state index >= 15 is 0 Å². The maximum Gasteiger partial charge on any atom is 0.470 e. The van der Waals surface area contributed by atoms with Crippen molar-refractivity contribution >= 4 is 11.7 Å². The van der Waals surface area contributed by atoms with Crippen LogP contribution >= 0.6 is 0 Å². The lowest BCUT2D eigenvalue weighted by Gasteiger charge is -2.33. The molecule has 0 saturated carbocycles. The fraction of sp³-hybridized carbons (Fsp3) is 0.348. The van der Waals surface area contributed by atoms with Crippen LogP contribution in [0.3, 0.4) is 0 Å². The Morgan fingerprint density at radius 1 is 1.06 bits per heavy atom. The van der Waals surface area contributed by atoms with Gasteiger partial charge in [-0.15, -0.1) is 10.2 Å². The molecule has 1 aliphatic rings. The van der Waals surface area contributed by atoms with Crippen molar-refractivity contribution in [3.63, 3.8) is 0 Å². The van der Waals surface area contributed by atoms with Gasteiger partial charge in [0.25, 0.3) is 0 Å². The molecule has 33 heavy (non-hydrogen) atoms. The summed E-state index contributed by atoms with van der Waals surface area (Å²) in [4.78, 5) is 16.9. The van der Waals surface area contributed by atoms with Crippen LogP contribution < -0.4 is 9.64 Å². The molecule has 0 radical (unpaired) electrons. The summed E-state index contributed by atoms with van der Waals surface area (Å²) in [6.07, 6.45) is -1.67.